The van der Waals surface area contributed by atoms with Gasteiger partial charge in [0.1, 0.15) is 5.76 Å². The molecule has 2 aromatic heterocycles. The van der Waals surface area contributed by atoms with E-state index in [2.05, 4.69) is 52.9 Å². The number of benzene rings is 1. The lowest BCUT2D eigenvalue weighted by Gasteiger charge is -2.24. The van der Waals surface area contributed by atoms with E-state index in [1.54, 1.807) is 23.7 Å². The van der Waals surface area contributed by atoms with Crippen LogP contribution in [-0.4, -0.2) is 18.5 Å². The van der Waals surface area contributed by atoms with Gasteiger partial charge in [0.25, 0.3) is 5.91 Å². The van der Waals surface area contributed by atoms with Crippen LogP contribution in [-0.2, 0) is 19.4 Å². The number of hydrogen-bond donors (Lipinski definition) is 1. The van der Waals surface area contributed by atoms with Gasteiger partial charge >= 0.3 is 0 Å². The number of carbonyl (C=O) groups is 1. The van der Waals surface area contributed by atoms with E-state index in [0.29, 0.717) is 24.7 Å². The van der Waals surface area contributed by atoms with Crippen molar-refractivity contribution in [2.24, 2.45) is 0 Å². The van der Waals surface area contributed by atoms with E-state index in [0.717, 1.165) is 18.6 Å². The van der Waals surface area contributed by atoms with Gasteiger partial charge in [0, 0.05) is 23.2 Å². The minimum Gasteiger partial charge on any atom is -0.467 e. The van der Waals surface area contributed by atoms with Crippen LogP contribution in [0.1, 0.15) is 33.5 Å². The number of fused-ring (bicyclic) bond motifs is 1. The molecule has 4 rings (SSSR count). The Morgan fingerprint density at radius 1 is 1.27 bits per heavy atom. The first-order chi connectivity index (χ1) is 12.7. The highest BCUT2D eigenvalue weighted by Gasteiger charge is 2.27. The summed E-state index contributed by atoms with van der Waals surface area (Å²) in [5.74, 6) is 0.660. The zero-order chi connectivity index (χ0) is 17.9. The molecule has 26 heavy (non-hydrogen) atoms. The standard InChI is InChI=1S/C21H22N2O2S/c1-15-13-16-5-2-3-7-19(16)23(15)14-20-18(9-11-25-20)21(24)22-10-8-17-6-4-12-26-17/h2-7,9,11-12,15H,8,10,13-14H2,1H3,(H,22,24). The quantitative estimate of drug-likeness (QED) is 0.709. The van der Waals surface area contributed by atoms with E-state index < -0.39 is 0 Å². The average molecular weight is 366 g/mol. The molecule has 134 valence electrons. The van der Waals surface area contributed by atoms with Gasteiger partial charge in [-0.3, -0.25) is 4.79 Å². The third-order valence-corrected chi connectivity index (χ3v) is 5.83. The Morgan fingerprint density at radius 3 is 3.00 bits per heavy atom. The number of nitrogens with one attached hydrogen (secondary N) is 1. The van der Waals surface area contributed by atoms with Crippen molar-refractivity contribution in [2.45, 2.75) is 32.4 Å². The van der Waals surface area contributed by atoms with Gasteiger partial charge in [0.05, 0.1) is 18.4 Å². The fourth-order valence-electron chi connectivity index (χ4n) is 3.54. The maximum atomic E-state index is 12.6. The molecule has 1 aromatic carbocycles. The highest BCUT2D eigenvalue weighted by atomic mass is 32.1. The van der Waals surface area contributed by atoms with Crippen molar-refractivity contribution in [3.63, 3.8) is 0 Å². The molecular formula is C21H22N2O2S. The summed E-state index contributed by atoms with van der Waals surface area (Å²) >= 11 is 1.71. The summed E-state index contributed by atoms with van der Waals surface area (Å²) in [5, 5.41) is 5.06. The largest absolute Gasteiger partial charge is 0.467 e. The van der Waals surface area contributed by atoms with E-state index in [1.165, 1.54) is 16.1 Å². The number of nitrogens with zero attached hydrogens (tertiary/aromatic N) is 1. The Labute approximate surface area is 157 Å². The fourth-order valence-corrected chi connectivity index (χ4v) is 4.25. The average Bonchev–Trinajstić information content (AvgIpc) is 3.37. The zero-order valence-corrected chi connectivity index (χ0v) is 15.6. The van der Waals surface area contributed by atoms with E-state index in [-0.39, 0.29) is 5.91 Å². The van der Waals surface area contributed by atoms with Crippen LogP contribution >= 0.6 is 11.3 Å². The van der Waals surface area contributed by atoms with Crippen molar-refractivity contribution in [3.8, 4) is 0 Å². The minimum atomic E-state index is -0.0644. The maximum Gasteiger partial charge on any atom is 0.254 e. The Kier molecular flexibility index (Phi) is 4.80. The molecule has 1 N–H and O–H groups in total. The molecule has 0 fully saturated rings. The zero-order valence-electron chi connectivity index (χ0n) is 14.8. The van der Waals surface area contributed by atoms with Crippen molar-refractivity contribution >= 4 is 22.9 Å². The molecule has 1 aliphatic rings. The number of para-hydroxylation sites is 1. The van der Waals surface area contributed by atoms with Crippen LogP contribution in [0.15, 0.2) is 58.5 Å². The first-order valence-corrected chi connectivity index (χ1v) is 9.82. The number of anilines is 1. The number of amides is 1. The van der Waals surface area contributed by atoms with Crippen LogP contribution in [0.25, 0.3) is 0 Å². The van der Waals surface area contributed by atoms with Crippen LogP contribution in [0.3, 0.4) is 0 Å². The lowest BCUT2D eigenvalue weighted by molar-refractivity contribution is 0.0952. The topological polar surface area (TPSA) is 45.5 Å². The summed E-state index contributed by atoms with van der Waals surface area (Å²) in [4.78, 5) is 16.2. The normalized spacial score (nSPS) is 15.9. The predicted molar refractivity (Wildman–Crippen MR) is 105 cm³/mol. The second kappa shape index (κ2) is 7.38. The SMILES string of the molecule is CC1Cc2ccccc2N1Cc1occc1C(=O)NCCc1cccs1. The van der Waals surface area contributed by atoms with Crippen LogP contribution in [0.4, 0.5) is 5.69 Å². The first-order valence-electron chi connectivity index (χ1n) is 8.94. The summed E-state index contributed by atoms with van der Waals surface area (Å²) < 4.78 is 5.66. The monoisotopic (exact) mass is 366 g/mol. The minimum absolute atomic E-state index is 0.0644. The van der Waals surface area contributed by atoms with Gasteiger partial charge in [-0.2, -0.15) is 0 Å². The fraction of sp³-hybridized carbons (Fsp3) is 0.286. The van der Waals surface area contributed by atoms with Crippen molar-refractivity contribution in [2.75, 3.05) is 11.4 Å². The summed E-state index contributed by atoms with van der Waals surface area (Å²) in [6.07, 6.45) is 3.49. The van der Waals surface area contributed by atoms with Crippen LogP contribution in [0.2, 0.25) is 0 Å². The molecule has 1 atom stereocenters. The molecule has 0 radical (unpaired) electrons. The van der Waals surface area contributed by atoms with Gasteiger partial charge < -0.3 is 14.6 Å². The Hall–Kier alpha value is -2.53. The van der Waals surface area contributed by atoms with Crippen molar-refractivity contribution in [1.82, 2.24) is 5.32 Å². The number of hydrogen-bond acceptors (Lipinski definition) is 4. The van der Waals surface area contributed by atoms with Gasteiger partial charge in [-0.05, 0) is 48.9 Å². The van der Waals surface area contributed by atoms with E-state index >= 15 is 0 Å². The van der Waals surface area contributed by atoms with Crippen LogP contribution in [0, 0.1) is 0 Å². The van der Waals surface area contributed by atoms with Crippen LogP contribution < -0.4 is 10.2 Å². The lowest BCUT2D eigenvalue weighted by Crippen LogP contribution is -2.30. The van der Waals surface area contributed by atoms with Crippen LogP contribution in [0.5, 0.6) is 0 Å². The van der Waals surface area contributed by atoms with Gasteiger partial charge in [-0.1, -0.05) is 24.3 Å². The molecule has 3 heterocycles. The smallest absolute Gasteiger partial charge is 0.254 e. The molecule has 5 heteroatoms. The Morgan fingerprint density at radius 2 is 2.15 bits per heavy atom. The number of carbonyl (C=O) groups excluding carboxylic acids is 1. The summed E-state index contributed by atoms with van der Waals surface area (Å²) in [6.45, 7) is 3.45. The number of thiophene rings is 1. The van der Waals surface area contributed by atoms with Gasteiger partial charge in [-0.25, -0.2) is 0 Å². The molecule has 1 aliphatic heterocycles. The molecule has 0 saturated heterocycles. The lowest BCUT2D eigenvalue weighted by atomic mass is 10.1. The molecule has 0 aliphatic carbocycles. The molecule has 4 nitrogen and oxygen atoms in total. The van der Waals surface area contributed by atoms with Crippen molar-refractivity contribution < 1.29 is 9.21 Å². The second-order valence-corrected chi connectivity index (χ2v) is 7.68. The van der Waals surface area contributed by atoms with Gasteiger partial charge in [0.2, 0.25) is 0 Å². The van der Waals surface area contributed by atoms with E-state index in [1.807, 2.05) is 6.07 Å². The molecule has 1 amide bonds. The second-order valence-electron chi connectivity index (χ2n) is 6.65. The highest BCUT2D eigenvalue weighted by Crippen LogP contribution is 2.33. The first kappa shape index (κ1) is 16.9. The van der Waals surface area contributed by atoms with Gasteiger partial charge in [0.15, 0.2) is 0 Å². The molecule has 1 unspecified atom stereocenters. The highest BCUT2D eigenvalue weighted by molar-refractivity contribution is 7.09. The maximum absolute atomic E-state index is 12.6. The third-order valence-electron chi connectivity index (χ3n) is 4.89. The Balaban J connectivity index is 1.43. The van der Waals surface area contributed by atoms with Crippen molar-refractivity contribution in [1.29, 1.82) is 0 Å². The number of furan rings is 1. The molecule has 0 spiro atoms. The summed E-state index contributed by atoms with van der Waals surface area (Å²) in [5.41, 5.74) is 3.22. The third kappa shape index (κ3) is 3.40. The summed E-state index contributed by atoms with van der Waals surface area (Å²) in [6, 6.07) is 14.7. The number of rotatable bonds is 6. The van der Waals surface area contributed by atoms with Gasteiger partial charge in [-0.15, -0.1) is 11.3 Å². The molecule has 0 bridgehead atoms. The van der Waals surface area contributed by atoms with E-state index in [4.69, 9.17) is 4.42 Å². The van der Waals surface area contributed by atoms with E-state index in [9.17, 15) is 4.79 Å². The van der Waals surface area contributed by atoms with Crippen molar-refractivity contribution in [3.05, 3.63) is 75.9 Å². The molecule has 3 aromatic rings. The predicted octanol–water partition coefficient (Wildman–Crippen LogP) is 4.26. The molecular weight excluding hydrogens is 344 g/mol. The summed E-state index contributed by atoms with van der Waals surface area (Å²) in [7, 11) is 0. The molecule has 0 saturated carbocycles. The Bertz CT molecular complexity index is 885.